The zero-order valence-corrected chi connectivity index (χ0v) is 17.3. The van der Waals surface area contributed by atoms with E-state index in [0.29, 0.717) is 28.6 Å². The third kappa shape index (κ3) is 6.20. The lowest BCUT2D eigenvalue weighted by Crippen LogP contribution is -2.53. The lowest BCUT2D eigenvalue weighted by molar-refractivity contribution is -0.120. The van der Waals surface area contributed by atoms with E-state index in [1.165, 1.54) is 12.8 Å². The number of benzene rings is 1. The fraction of sp³-hybridized carbons (Fsp3) is 0.550. The van der Waals surface area contributed by atoms with Crippen LogP contribution in [0, 0.1) is 25.7 Å². The van der Waals surface area contributed by atoms with Crippen LogP contribution in [-0.2, 0) is 4.79 Å². The number of thiocarbonyl (C=S) groups is 1. The number of hydrogen-bond donors (Lipinski definition) is 4. The SMILES string of the molecule is Cc1ccc(C(=O)NCC(=O)NNC(=S)N[C@H]2CCC[C@@H](C)[C@@H]2C)cc1C. The summed E-state index contributed by atoms with van der Waals surface area (Å²) in [6.45, 7) is 8.30. The molecule has 148 valence electrons. The Bertz CT molecular complexity index is 707. The number of amides is 2. The van der Waals surface area contributed by atoms with Crippen LogP contribution in [0.3, 0.4) is 0 Å². The quantitative estimate of drug-likeness (QED) is 0.469. The van der Waals surface area contributed by atoms with Crippen molar-refractivity contribution in [1.82, 2.24) is 21.5 Å². The number of carbonyl (C=O) groups excluding carboxylic acids is 2. The highest BCUT2D eigenvalue weighted by Gasteiger charge is 2.27. The van der Waals surface area contributed by atoms with Gasteiger partial charge in [0.05, 0.1) is 6.54 Å². The third-order valence-corrected chi connectivity index (χ3v) is 5.74. The van der Waals surface area contributed by atoms with Crippen LogP contribution in [0.25, 0.3) is 0 Å². The number of hydrogen-bond acceptors (Lipinski definition) is 3. The van der Waals surface area contributed by atoms with E-state index in [0.717, 1.165) is 17.5 Å². The molecule has 1 saturated carbocycles. The van der Waals surface area contributed by atoms with Crippen LogP contribution in [0.15, 0.2) is 18.2 Å². The van der Waals surface area contributed by atoms with E-state index in [1.807, 2.05) is 26.0 Å². The molecule has 1 aliphatic rings. The molecule has 0 unspecified atom stereocenters. The minimum absolute atomic E-state index is 0.127. The van der Waals surface area contributed by atoms with Crippen LogP contribution in [0.1, 0.15) is 54.6 Å². The Kier molecular flexibility index (Phi) is 7.59. The molecule has 0 bridgehead atoms. The number of hydrazine groups is 1. The summed E-state index contributed by atoms with van der Waals surface area (Å²) in [5.41, 5.74) is 7.93. The molecule has 1 aromatic rings. The first-order valence-electron chi connectivity index (χ1n) is 9.48. The fourth-order valence-corrected chi connectivity index (χ4v) is 3.51. The maximum absolute atomic E-state index is 12.1. The Morgan fingerprint density at radius 2 is 1.85 bits per heavy atom. The van der Waals surface area contributed by atoms with Crippen molar-refractivity contribution in [1.29, 1.82) is 0 Å². The standard InChI is InChI=1S/C20H30N4O2S/c1-12-8-9-16(10-14(12)3)19(26)21-11-18(25)23-24-20(27)22-17-7-5-6-13(2)15(17)4/h8-10,13,15,17H,5-7,11H2,1-4H3,(H,21,26)(H,23,25)(H2,22,24,27)/t13-,15+,17+/m1/s1. The second-order valence-corrected chi connectivity index (χ2v) is 7.91. The van der Waals surface area contributed by atoms with Crippen molar-refractivity contribution in [3.05, 3.63) is 34.9 Å². The van der Waals surface area contributed by atoms with Crippen molar-refractivity contribution < 1.29 is 9.59 Å². The normalized spacial score (nSPS) is 21.9. The number of rotatable bonds is 4. The predicted octanol–water partition coefficient (Wildman–Crippen LogP) is 2.35. The largest absolute Gasteiger partial charge is 0.358 e. The average Bonchev–Trinajstić information content (AvgIpc) is 2.64. The highest BCUT2D eigenvalue weighted by Crippen LogP contribution is 2.29. The first-order chi connectivity index (χ1) is 12.8. The Morgan fingerprint density at radius 1 is 1.11 bits per heavy atom. The summed E-state index contributed by atoms with van der Waals surface area (Å²) in [5, 5.41) is 6.28. The zero-order valence-electron chi connectivity index (χ0n) is 16.5. The molecule has 27 heavy (non-hydrogen) atoms. The first kappa shape index (κ1) is 21.2. The smallest absolute Gasteiger partial charge is 0.257 e. The Hall–Kier alpha value is -2.15. The van der Waals surface area contributed by atoms with Crippen LogP contribution < -0.4 is 21.5 Å². The monoisotopic (exact) mass is 390 g/mol. The number of carbonyl (C=O) groups is 2. The topological polar surface area (TPSA) is 82.3 Å². The molecule has 1 aromatic carbocycles. The molecule has 0 saturated heterocycles. The van der Waals surface area contributed by atoms with Gasteiger partial charge in [0.15, 0.2) is 5.11 Å². The third-order valence-electron chi connectivity index (χ3n) is 5.52. The van der Waals surface area contributed by atoms with Gasteiger partial charge in [-0.3, -0.25) is 20.4 Å². The summed E-state index contributed by atoms with van der Waals surface area (Å²) < 4.78 is 0. The molecule has 7 heteroatoms. The molecule has 1 aliphatic carbocycles. The van der Waals surface area contributed by atoms with Crippen molar-refractivity contribution in [3.63, 3.8) is 0 Å². The molecule has 1 fully saturated rings. The lowest BCUT2D eigenvalue weighted by Gasteiger charge is -2.35. The van der Waals surface area contributed by atoms with Crippen LogP contribution in [-0.4, -0.2) is 29.5 Å². The Morgan fingerprint density at radius 3 is 2.56 bits per heavy atom. The molecule has 0 spiro atoms. The summed E-state index contributed by atoms with van der Waals surface area (Å²) in [6.07, 6.45) is 3.51. The van der Waals surface area contributed by atoms with Crippen molar-refractivity contribution in [2.24, 2.45) is 11.8 Å². The van der Waals surface area contributed by atoms with Crippen molar-refractivity contribution >= 4 is 29.1 Å². The van der Waals surface area contributed by atoms with Gasteiger partial charge >= 0.3 is 0 Å². The minimum Gasteiger partial charge on any atom is -0.358 e. The van der Waals surface area contributed by atoms with Crippen molar-refractivity contribution in [2.45, 2.75) is 53.0 Å². The van der Waals surface area contributed by atoms with Gasteiger partial charge in [-0.25, -0.2) is 0 Å². The molecular formula is C20H30N4O2S. The molecule has 6 nitrogen and oxygen atoms in total. The zero-order chi connectivity index (χ0) is 20.0. The maximum Gasteiger partial charge on any atom is 0.257 e. The lowest BCUT2D eigenvalue weighted by atomic mass is 9.78. The van der Waals surface area contributed by atoms with Crippen LogP contribution >= 0.6 is 12.2 Å². The van der Waals surface area contributed by atoms with E-state index in [2.05, 4.69) is 35.3 Å². The van der Waals surface area contributed by atoms with Crippen molar-refractivity contribution in [2.75, 3.05) is 6.54 Å². The summed E-state index contributed by atoms with van der Waals surface area (Å²) in [7, 11) is 0. The van der Waals surface area contributed by atoms with E-state index in [-0.39, 0.29) is 18.4 Å². The Labute approximate surface area is 166 Å². The highest BCUT2D eigenvalue weighted by molar-refractivity contribution is 7.80. The average molecular weight is 391 g/mol. The number of nitrogens with one attached hydrogen (secondary N) is 4. The molecule has 0 radical (unpaired) electrons. The van der Waals surface area contributed by atoms with Gasteiger partial charge in [0.1, 0.15) is 0 Å². The second-order valence-electron chi connectivity index (χ2n) is 7.50. The minimum atomic E-state index is -0.360. The highest BCUT2D eigenvalue weighted by atomic mass is 32.1. The Balaban J connectivity index is 1.71. The summed E-state index contributed by atoms with van der Waals surface area (Å²) >= 11 is 5.26. The van der Waals surface area contributed by atoms with Gasteiger partial charge in [-0.15, -0.1) is 0 Å². The van der Waals surface area contributed by atoms with Gasteiger partial charge in [-0.1, -0.05) is 32.8 Å². The molecule has 0 aliphatic heterocycles. The first-order valence-corrected chi connectivity index (χ1v) is 9.89. The van der Waals surface area contributed by atoms with E-state index in [1.54, 1.807) is 6.07 Å². The molecule has 4 N–H and O–H groups in total. The summed E-state index contributed by atoms with van der Waals surface area (Å²) in [6, 6.07) is 5.77. The number of aryl methyl sites for hydroxylation is 2. The summed E-state index contributed by atoms with van der Waals surface area (Å²) in [4.78, 5) is 24.1. The molecule has 2 rings (SSSR count). The van der Waals surface area contributed by atoms with Crippen molar-refractivity contribution in [3.8, 4) is 0 Å². The van der Waals surface area contributed by atoms with Crippen LogP contribution in [0.2, 0.25) is 0 Å². The molecule has 0 heterocycles. The van der Waals surface area contributed by atoms with Gasteiger partial charge in [0.2, 0.25) is 0 Å². The van der Waals surface area contributed by atoms with Gasteiger partial charge in [-0.2, -0.15) is 0 Å². The molecule has 3 atom stereocenters. The van der Waals surface area contributed by atoms with Gasteiger partial charge in [0.25, 0.3) is 11.8 Å². The van der Waals surface area contributed by atoms with Gasteiger partial charge in [0, 0.05) is 11.6 Å². The van der Waals surface area contributed by atoms with Crippen LogP contribution in [0.5, 0.6) is 0 Å². The van der Waals surface area contributed by atoms with E-state index in [4.69, 9.17) is 12.2 Å². The van der Waals surface area contributed by atoms with E-state index >= 15 is 0 Å². The van der Waals surface area contributed by atoms with Crippen LogP contribution in [0.4, 0.5) is 0 Å². The molecule has 0 aromatic heterocycles. The van der Waals surface area contributed by atoms with Gasteiger partial charge in [-0.05, 0) is 67.6 Å². The van der Waals surface area contributed by atoms with E-state index in [9.17, 15) is 9.59 Å². The second kappa shape index (κ2) is 9.69. The fourth-order valence-electron chi connectivity index (χ4n) is 3.31. The molecular weight excluding hydrogens is 360 g/mol. The maximum atomic E-state index is 12.1. The van der Waals surface area contributed by atoms with E-state index < -0.39 is 0 Å². The molecule has 2 amide bonds. The van der Waals surface area contributed by atoms with Gasteiger partial charge < -0.3 is 10.6 Å². The summed E-state index contributed by atoms with van der Waals surface area (Å²) in [5.74, 6) is 0.557. The predicted molar refractivity (Wildman–Crippen MR) is 111 cm³/mol.